The lowest BCUT2D eigenvalue weighted by Crippen LogP contribution is -2.57. The van der Waals surface area contributed by atoms with Crippen molar-refractivity contribution in [1.29, 1.82) is 0 Å². The standard InChI is InChI=1S/C20H27NO2/c1-3-7-16-10-11-17-14(2)19(22)13-12-18(17)21(16)20(23)15-8-5-4-6-9-15/h4-6,8-9,14,16-18H,3,7,10-13H2,1-2H3/t14-,16+,17+,18-/m1/s1. The van der Waals surface area contributed by atoms with Crippen molar-refractivity contribution in [2.24, 2.45) is 11.8 Å². The fourth-order valence-electron chi connectivity index (χ4n) is 4.55. The van der Waals surface area contributed by atoms with Gasteiger partial charge >= 0.3 is 0 Å². The van der Waals surface area contributed by atoms with Crippen LogP contribution in [0.4, 0.5) is 0 Å². The number of carbonyl (C=O) groups excluding carboxylic acids is 2. The first-order valence-corrected chi connectivity index (χ1v) is 9.04. The SMILES string of the molecule is CCC[C@H]1CC[C@@H]2[C@@H](CCC(=O)[C@@H]2C)N1C(=O)c1ccccc1. The molecule has 0 spiro atoms. The second-order valence-corrected chi connectivity index (χ2v) is 7.12. The van der Waals surface area contributed by atoms with Crippen LogP contribution in [0.2, 0.25) is 0 Å². The van der Waals surface area contributed by atoms with E-state index >= 15 is 0 Å². The molecule has 1 amide bonds. The Hall–Kier alpha value is -1.64. The van der Waals surface area contributed by atoms with Crippen molar-refractivity contribution in [2.45, 2.75) is 64.5 Å². The molecule has 3 heteroatoms. The molecule has 124 valence electrons. The molecule has 1 saturated carbocycles. The quantitative estimate of drug-likeness (QED) is 0.843. The number of nitrogens with zero attached hydrogens (tertiary/aromatic N) is 1. The molecule has 3 nitrogen and oxygen atoms in total. The number of benzene rings is 1. The minimum Gasteiger partial charge on any atom is -0.332 e. The van der Waals surface area contributed by atoms with Crippen LogP contribution >= 0.6 is 0 Å². The molecule has 2 fully saturated rings. The number of hydrogen-bond acceptors (Lipinski definition) is 2. The second kappa shape index (κ2) is 6.86. The zero-order valence-corrected chi connectivity index (χ0v) is 14.2. The molecule has 0 bridgehead atoms. The van der Waals surface area contributed by atoms with E-state index in [1.807, 2.05) is 30.3 Å². The predicted molar refractivity (Wildman–Crippen MR) is 91.2 cm³/mol. The Balaban J connectivity index is 1.91. The molecule has 1 aromatic carbocycles. The van der Waals surface area contributed by atoms with Gasteiger partial charge in [-0.3, -0.25) is 9.59 Å². The Morgan fingerprint density at radius 3 is 2.61 bits per heavy atom. The first-order valence-electron chi connectivity index (χ1n) is 9.04. The third-order valence-electron chi connectivity index (χ3n) is 5.79. The van der Waals surface area contributed by atoms with Crippen LogP contribution in [0.3, 0.4) is 0 Å². The highest BCUT2D eigenvalue weighted by Crippen LogP contribution is 2.41. The van der Waals surface area contributed by atoms with Gasteiger partial charge in [-0.1, -0.05) is 38.5 Å². The van der Waals surface area contributed by atoms with Gasteiger partial charge in [-0.05, 0) is 43.7 Å². The third kappa shape index (κ3) is 3.06. The van der Waals surface area contributed by atoms with Crippen LogP contribution in [0.15, 0.2) is 30.3 Å². The first-order chi connectivity index (χ1) is 11.1. The lowest BCUT2D eigenvalue weighted by Gasteiger charge is -2.50. The number of ketones is 1. The maximum atomic E-state index is 13.2. The molecule has 2 aliphatic rings. The molecule has 1 aromatic rings. The zero-order chi connectivity index (χ0) is 16.4. The maximum absolute atomic E-state index is 13.2. The molecular weight excluding hydrogens is 286 g/mol. The van der Waals surface area contributed by atoms with E-state index in [9.17, 15) is 9.59 Å². The molecule has 3 rings (SSSR count). The van der Waals surface area contributed by atoms with Crippen molar-refractivity contribution in [3.05, 3.63) is 35.9 Å². The summed E-state index contributed by atoms with van der Waals surface area (Å²) < 4.78 is 0. The predicted octanol–water partition coefficient (Wildman–Crippen LogP) is 4.08. The number of fused-ring (bicyclic) bond motifs is 1. The Labute approximate surface area is 139 Å². The molecular formula is C20H27NO2. The number of carbonyl (C=O) groups is 2. The van der Waals surface area contributed by atoms with Gasteiger partial charge in [-0.25, -0.2) is 0 Å². The van der Waals surface area contributed by atoms with Crippen LogP contribution in [0, 0.1) is 11.8 Å². The van der Waals surface area contributed by atoms with E-state index in [4.69, 9.17) is 0 Å². The average molecular weight is 313 g/mol. The molecule has 1 aliphatic carbocycles. The van der Waals surface area contributed by atoms with E-state index < -0.39 is 0 Å². The summed E-state index contributed by atoms with van der Waals surface area (Å²) in [6.07, 6.45) is 5.73. The summed E-state index contributed by atoms with van der Waals surface area (Å²) in [5.74, 6) is 0.979. The van der Waals surface area contributed by atoms with Crippen molar-refractivity contribution in [3.8, 4) is 0 Å². The van der Waals surface area contributed by atoms with Crippen molar-refractivity contribution in [2.75, 3.05) is 0 Å². The van der Waals surface area contributed by atoms with Crippen molar-refractivity contribution < 1.29 is 9.59 Å². The summed E-state index contributed by atoms with van der Waals surface area (Å²) in [5.41, 5.74) is 0.777. The van der Waals surface area contributed by atoms with Gasteiger partial charge in [0.2, 0.25) is 0 Å². The Kier molecular flexibility index (Phi) is 4.84. The number of hydrogen-bond donors (Lipinski definition) is 0. The van der Waals surface area contributed by atoms with Gasteiger partial charge in [0.05, 0.1) is 0 Å². The van der Waals surface area contributed by atoms with Gasteiger partial charge in [-0.2, -0.15) is 0 Å². The fraction of sp³-hybridized carbons (Fsp3) is 0.600. The summed E-state index contributed by atoms with van der Waals surface area (Å²) in [4.78, 5) is 27.4. The fourth-order valence-corrected chi connectivity index (χ4v) is 4.55. The number of piperidine rings is 1. The van der Waals surface area contributed by atoms with E-state index in [-0.39, 0.29) is 17.9 Å². The van der Waals surface area contributed by atoms with E-state index in [2.05, 4.69) is 18.7 Å². The van der Waals surface area contributed by atoms with E-state index in [0.717, 1.165) is 37.7 Å². The minimum atomic E-state index is 0.0994. The van der Waals surface area contributed by atoms with E-state index in [0.29, 0.717) is 24.2 Å². The normalized spacial score (nSPS) is 30.9. The molecule has 0 aromatic heterocycles. The summed E-state index contributed by atoms with van der Waals surface area (Å²) in [5, 5.41) is 0. The molecule has 4 atom stereocenters. The number of likely N-dealkylation sites (tertiary alicyclic amines) is 1. The van der Waals surface area contributed by atoms with Crippen LogP contribution in [-0.4, -0.2) is 28.7 Å². The van der Waals surface area contributed by atoms with Gasteiger partial charge in [0.15, 0.2) is 0 Å². The summed E-state index contributed by atoms with van der Waals surface area (Å²) in [6, 6.07) is 10.2. The van der Waals surface area contributed by atoms with E-state index in [1.165, 1.54) is 0 Å². The zero-order valence-electron chi connectivity index (χ0n) is 14.2. The summed E-state index contributed by atoms with van der Waals surface area (Å²) in [6.45, 7) is 4.24. The van der Waals surface area contributed by atoms with E-state index in [1.54, 1.807) is 0 Å². The van der Waals surface area contributed by atoms with Crippen LogP contribution in [-0.2, 0) is 4.79 Å². The molecule has 0 radical (unpaired) electrons. The van der Waals surface area contributed by atoms with Gasteiger partial charge < -0.3 is 4.90 Å². The number of amides is 1. The van der Waals surface area contributed by atoms with Crippen LogP contribution in [0.1, 0.15) is 62.7 Å². The lowest BCUT2D eigenvalue weighted by atomic mass is 9.69. The Bertz CT molecular complexity index is 568. The smallest absolute Gasteiger partial charge is 0.254 e. The van der Waals surface area contributed by atoms with Crippen molar-refractivity contribution in [3.63, 3.8) is 0 Å². The van der Waals surface area contributed by atoms with Gasteiger partial charge in [-0.15, -0.1) is 0 Å². The maximum Gasteiger partial charge on any atom is 0.254 e. The summed E-state index contributed by atoms with van der Waals surface area (Å²) >= 11 is 0. The number of rotatable bonds is 3. The minimum absolute atomic E-state index is 0.0994. The molecule has 1 saturated heterocycles. The largest absolute Gasteiger partial charge is 0.332 e. The Morgan fingerprint density at radius 2 is 1.91 bits per heavy atom. The molecule has 1 aliphatic heterocycles. The third-order valence-corrected chi connectivity index (χ3v) is 5.79. The second-order valence-electron chi connectivity index (χ2n) is 7.12. The summed E-state index contributed by atoms with van der Waals surface area (Å²) in [7, 11) is 0. The highest BCUT2D eigenvalue weighted by atomic mass is 16.2. The van der Waals surface area contributed by atoms with Crippen molar-refractivity contribution >= 4 is 11.7 Å². The van der Waals surface area contributed by atoms with Crippen molar-refractivity contribution in [1.82, 2.24) is 4.90 Å². The monoisotopic (exact) mass is 313 g/mol. The van der Waals surface area contributed by atoms with Gasteiger partial charge in [0.1, 0.15) is 5.78 Å². The van der Waals surface area contributed by atoms with Crippen LogP contribution in [0.5, 0.6) is 0 Å². The Morgan fingerprint density at radius 1 is 1.17 bits per heavy atom. The highest BCUT2D eigenvalue weighted by molar-refractivity contribution is 5.95. The first kappa shape index (κ1) is 16.2. The highest BCUT2D eigenvalue weighted by Gasteiger charge is 2.45. The van der Waals surface area contributed by atoms with Crippen LogP contribution in [0.25, 0.3) is 0 Å². The van der Waals surface area contributed by atoms with Crippen LogP contribution < -0.4 is 0 Å². The molecule has 23 heavy (non-hydrogen) atoms. The molecule has 0 unspecified atom stereocenters. The molecule has 1 heterocycles. The topological polar surface area (TPSA) is 37.4 Å². The lowest BCUT2D eigenvalue weighted by molar-refractivity contribution is -0.130. The number of Topliss-reactive ketones (excluding diaryl/α,β-unsaturated/α-hetero) is 1. The van der Waals surface area contributed by atoms with Gasteiger partial charge in [0.25, 0.3) is 5.91 Å². The average Bonchev–Trinajstić information content (AvgIpc) is 2.58. The molecule has 0 N–H and O–H groups in total. The van der Waals surface area contributed by atoms with Gasteiger partial charge in [0, 0.05) is 30.0 Å².